The Bertz CT molecular complexity index is 466. The molecule has 0 atom stereocenters. The van der Waals surface area contributed by atoms with Gasteiger partial charge in [0.2, 0.25) is 0 Å². The average molecular weight is 235 g/mol. The first-order chi connectivity index (χ1) is 6.27. The maximum Gasteiger partial charge on any atom is 1.00 e. The van der Waals surface area contributed by atoms with Crippen molar-refractivity contribution < 1.29 is 27.0 Å². The van der Waals surface area contributed by atoms with Gasteiger partial charge in [-0.1, -0.05) is 23.6 Å². The SMILES string of the molecule is O=C(O)c1[c-]c2ccccc2cc1.[Cu+]. The van der Waals surface area contributed by atoms with Crippen molar-refractivity contribution in [3.8, 4) is 0 Å². The van der Waals surface area contributed by atoms with E-state index in [0.717, 1.165) is 10.8 Å². The average Bonchev–Trinajstić information content (AvgIpc) is 2.17. The van der Waals surface area contributed by atoms with Crippen LogP contribution in [0.5, 0.6) is 0 Å². The number of rotatable bonds is 1. The predicted molar refractivity (Wildman–Crippen MR) is 49.7 cm³/mol. The molecule has 3 heteroatoms. The van der Waals surface area contributed by atoms with Crippen LogP contribution in [0.25, 0.3) is 10.8 Å². The first-order valence-electron chi connectivity index (χ1n) is 3.92. The van der Waals surface area contributed by atoms with Crippen molar-refractivity contribution in [3.63, 3.8) is 0 Å². The summed E-state index contributed by atoms with van der Waals surface area (Å²) < 4.78 is 0. The number of hydrogen-bond donors (Lipinski definition) is 1. The second kappa shape index (κ2) is 4.27. The van der Waals surface area contributed by atoms with Crippen LogP contribution in [0, 0.1) is 6.07 Å². The molecule has 0 radical (unpaired) electrons. The van der Waals surface area contributed by atoms with Gasteiger partial charge in [0.1, 0.15) is 0 Å². The minimum Gasteiger partial charge on any atom is -0.513 e. The Morgan fingerprint density at radius 2 is 1.86 bits per heavy atom. The molecule has 2 rings (SSSR count). The van der Waals surface area contributed by atoms with E-state index in [0.29, 0.717) is 0 Å². The van der Waals surface area contributed by atoms with Gasteiger partial charge in [0.15, 0.2) is 0 Å². The van der Waals surface area contributed by atoms with E-state index < -0.39 is 5.97 Å². The van der Waals surface area contributed by atoms with Crippen LogP contribution in [0.2, 0.25) is 0 Å². The molecule has 0 saturated carbocycles. The molecule has 74 valence electrons. The fourth-order valence-electron chi connectivity index (χ4n) is 1.24. The van der Waals surface area contributed by atoms with Gasteiger partial charge >= 0.3 is 17.1 Å². The van der Waals surface area contributed by atoms with E-state index in [-0.39, 0.29) is 22.6 Å². The van der Waals surface area contributed by atoms with Crippen LogP contribution in [0.15, 0.2) is 36.4 Å². The van der Waals surface area contributed by atoms with Crippen molar-refractivity contribution in [1.82, 2.24) is 0 Å². The summed E-state index contributed by atoms with van der Waals surface area (Å²) in [6, 6.07) is 13.7. The van der Waals surface area contributed by atoms with Crippen molar-refractivity contribution in [2.45, 2.75) is 0 Å². The molecule has 0 aliphatic rings. The monoisotopic (exact) mass is 234 g/mol. The standard InChI is InChI=1S/C11H7O2.Cu/c12-11(13)10-6-5-8-3-1-2-4-9(8)7-10;/h1-6H,(H,12,13);/q-1;+1. The molecule has 0 aromatic heterocycles. The molecule has 0 heterocycles. The normalized spacial score (nSPS) is 9.43. The molecule has 2 nitrogen and oxygen atoms in total. The van der Waals surface area contributed by atoms with Crippen LogP contribution in [-0.2, 0) is 17.1 Å². The largest absolute Gasteiger partial charge is 1.00 e. The third-order valence-corrected chi connectivity index (χ3v) is 1.89. The summed E-state index contributed by atoms with van der Waals surface area (Å²) in [7, 11) is 0. The van der Waals surface area contributed by atoms with E-state index in [2.05, 4.69) is 6.07 Å². The molecular weight excluding hydrogens is 228 g/mol. The van der Waals surface area contributed by atoms with E-state index in [9.17, 15) is 4.79 Å². The smallest absolute Gasteiger partial charge is 0.513 e. The van der Waals surface area contributed by atoms with Gasteiger partial charge in [0.05, 0.1) is 0 Å². The predicted octanol–water partition coefficient (Wildman–Crippen LogP) is 2.34. The minimum absolute atomic E-state index is 0. The maximum absolute atomic E-state index is 10.6. The maximum atomic E-state index is 10.6. The minimum atomic E-state index is -0.939. The van der Waals surface area contributed by atoms with Crippen LogP contribution in [0.4, 0.5) is 0 Å². The number of carboxylic acid groups (broad SMARTS) is 1. The summed E-state index contributed by atoms with van der Waals surface area (Å²) in [6.45, 7) is 0. The van der Waals surface area contributed by atoms with Crippen LogP contribution in [0.1, 0.15) is 10.4 Å². The Labute approximate surface area is 92.0 Å². The summed E-state index contributed by atoms with van der Waals surface area (Å²) in [5, 5.41) is 10.6. The van der Waals surface area contributed by atoms with Gasteiger partial charge in [-0.05, 0) is 5.56 Å². The van der Waals surface area contributed by atoms with Gasteiger partial charge in [-0.15, -0.1) is 29.7 Å². The number of benzene rings is 2. The van der Waals surface area contributed by atoms with Crippen LogP contribution >= 0.6 is 0 Å². The Hall–Kier alpha value is -1.31. The number of carbonyl (C=O) groups is 1. The van der Waals surface area contributed by atoms with E-state index in [1.807, 2.05) is 24.3 Å². The van der Waals surface area contributed by atoms with Crippen molar-refractivity contribution >= 4 is 16.7 Å². The number of carboxylic acids is 1. The number of fused-ring (bicyclic) bond motifs is 1. The first kappa shape index (κ1) is 10.8. The van der Waals surface area contributed by atoms with Gasteiger partial charge in [0.25, 0.3) is 5.97 Å². The van der Waals surface area contributed by atoms with Gasteiger partial charge < -0.3 is 5.11 Å². The van der Waals surface area contributed by atoms with Crippen LogP contribution in [-0.4, -0.2) is 11.1 Å². The summed E-state index contributed by atoms with van der Waals surface area (Å²) in [5.74, 6) is -0.939. The molecule has 0 bridgehead atoms. The van der Waals surface area contributed by atoms with E-state index in [1.54, 1.807) is 12.1 Å². The third kappa shape index (κ3) is 1.95. The van der Waals surface area contributed by atoms with Crippen molar-refractivity contribution in [3.05, 3.63) is 48.0 Å². The molecule has 14 heavy (non-hydrogen) atoms. The second-order valence-corrected chi connectivity index (χ2v) is 2.76. The Morgan fingerprint density at radius 3 is 2.57 bits per heavy atom. The van der Waals surface area contributed by atoms with Crippen molar-refractivity contribution in [2.24, 2.45) is 0 Å². The van der Waals surface area contributed by atoms with E-state index in [1.165, 1.54) is 0 Å². The molecule has 0 aliphatic heterocycles. The zero-order valence-corrected chi connectivity index (χ0v) is 8.06. The fraction of sp³-hybridized carbons (Fsp3) is 0. The summed E-state index contributed by atoms with van der Waals surface area (Å²) >= 11 is 0. The van der Waals surface area contributed by atoms with Crippen molar-refractivity contribution in [2.75, 3.05) is 0 Å². The number of hydrogen-bond acceptors (Lipinski definition) is 1. The quantitative estimate of drug-likeness (QED) is 0.608. The number of aromatic carboxylic acids is 1. The Balaban J connectivity index is 0.000000980. The molecule has 2 aromatic carbocycles. The van der Waals surface area contributed by atoms with Crippen molar-refractivity contribution in [1.29, 1.82) is 0 Å². The zero-order chi connectivity index (χ0) is 9.26. The van der Waals surface area contributed by atoms with Gasteiger partial charge in [-0.2, -0.15) is 0 Å². The Morgan fingerprint density at radius 1 is 1.14 bits per heavy atom. The molecule has 0 saturated heterocycles. The molecule has 0 fully saturated rings. The molecule has 0 amide bonds. The van der Waals surface area contributed by atoms with Gasteiger partial charge in [-0.25, -0.2) is 0 Å². The third-order valence-electron chi connectivity index (χ3n) is 1.89. The second-order valence-electron chi connectivity index (χ2n) is 2.76. The molecule has 2 aromatic rings. The van der Waals surface area contributed by atoms with E-state index >= 15 is 0 Å². The molecule has 0 aliphatic carbocycles. The molecule has 0 spiro atoms. The summed E-state index contributed by atoms with van der Waals surface area (Å²) in [6.07, 6.45) is 0. The Kier molecular flexibility index (Phi) is 3.28. The summed E-state index contributed by atoms with van der Waals surface area (Å²) in [4.78, 5) is 10.6. The molecular formula is C11H7CuO2. The topological polar surface area (TPSA) is 37.3 Å². The van der Waals surface area contributed by atoms with Gasteiger partial charge in [-0.3, -0.25) is 4.79 Å². The fourth-order valence-corrected chi connectivity index (χ4v) is 1.24. The van der Waals surface area contributed by atoms with Gasteiger partial charge in [0, 0.05) is 0 Å². The first-order valence-corrected chi connectivity index (χ1v) is 3.92. The summed E-state index contributed by atoms with van der Waals surface area (Å²) in [5.41, 5.74) is 0.207. The zero-order valence-electron chi connectivity index (χ0n) is 7.12. The van der Waals surface area contributed by atoms with Crippen LogP contribution < -0.4 is 0 Å². The van der Waals surface area contributed by atoms with Crippen LogP contribution in [0.3, 0.4) is 0 Å². The molecule has 0 unspecified atom stereocenters. The van der Waals surface area contributed by atoms with E-state index in [4.69, 9.17) is 5.11 Å². The molecule has 1 N–H and O–H groups in total.